The molecule has 2 N–H and O–H groups in total. The molecule has 1 aromatic carbocycles. The third-order valence-corrected chi connectivity index (χ3v) is 3.07. The molecule has 88 valence electrons. The van der Waals surface area contributed by atoms with Gasteiger partial charge in [-0.15, -0.1) is 0 Å². The van der Waals surface area contributed by atoms with E-state index >= 15 is 0 Å². The van der Waals surface area contributed by atoms with E-state index in [0.717, 1.165) is 11.1 Å². The third-order valence-electron chi connectivity index (χ3n) is 3.07. The van der Waals surface area contributed by atoms with Crippen LogP contribution in [0.2, 0.25) is 0 Å². The summed E-state index contributed by atoms with van der Waals surface area (Å²) in [6.45, 7) is 5.73. The molecular weight excluding hydrogens is 204 g/mol. The Hall–Kier alpha value is -1.35. The highest BCUT2D eigenvalue weighted by Gasteiger charge is 2.30. The molecule has 0 bridgehead atoms. The highest BCUT2D eigenvalue weighted by Crippen LogP contribution is 2.29. The van der Waals surface area contributed by atoms with Gasteiger partial charge in [-0.25, -0.2) is 0 Å². The summed E-state index contributed by atoms with van der Waals surface area (Å²) in [4.78, 5) is 10.7. The smallest absolute Gasteiger partial charge is 0.306 e. The van der Waals surface area contributed by atoms with Crippen molar-refractivity contribution in [3.05, 3.63) is 34.9 Å². The van der Waals surface area contributed by atoms with Gasteiger partial charge in [-0.2, -0.15) is 0 Å². The molecule has 1 atom stereocenters. The number of aliphatic hydroxyl groups is 1. The van der Waals surface area contributed by atoms with Gasteiger partial charge in [0, 0.05) is 0 Å². The molecule has 0 saturated carbocycles. The van der Waals surface area contributed by atoms with E-state index < -0.39 is 11.6 Å². The maximum absolute atomic E-state index is 10.7. The number of rotatable bonds is 4. The van der Waals surface area contributed by atoms with Crippen LogP contribution in [-0.4, -0.2) is 16.2 Å². The van der Waals surface area contributed by atoms with Crippen molar-refractivity contribution in [3.63, 3.8) is 0 Å². The zero-order chi connectivity index (χ0) is 12.3. The first kappa shape index (κ1) is 12.7. The Kier molecular flexibility index (Phi) is 3.70. The van der Waals surface area contributed by atoms with Crippen molar-refractivity contribution in [1.29, 1.82) is 0 Å². The molecule has 0 aromatic heterocycles. The summed E-state index contributed by atoms with van der Waals surface area (Å²) in [5.41, 5.74) is 1.62. The molecule has 0 spiro atoms. The molecule has 0 radical (unpaired) electrons. The molecule has 1 aromatic rings. The second-order valence-corrected chi connectivity index (χ2v) is 4.25. The van der Waals surface area contributed by atoms with Crippen molar-refractivity contribution in [2.75, 3.05) is 0 Å². The van der Waals surface area contributed by atoms with E-state index in [-0.39, 0.29) is 6.42 Å². The highest BCUT2D eigenvalue weighted by molar-refractivity contribution is 5.68. The van der Waals surface area contributed by atoms with Crippen LogP contribution in [0.5, 0.6) is 0 Å². The first-order valence-electron chi connectivity index (χ1n) is 5.41. The van der Waals surface area contributed by atoms with Crippen LogP contribution in [0.3, 0.4) is 0 Å². The number of benzene rings is 1. The number of carboxylic acids is 1. The predicted octanol–water partition coefficient (Wildman–Crippen LogP) is 2.38. The summed E-state index contributed by atoms with van der Waals surface area (Å²) in [6.07, 6.45) is 0.133. The minimum absolute atomic E-state index is 0.258. The van der Waals surface area contributed by atoms with E-state index in [4.69, 9.17) is 5.11 Å². The minimum Gasteiger partial charge on any atom is -0.481 e. The Morgan fingerprint density at radius 1 is 1.31 bits per heavy atom. The zero-order valence-corrected chi connectivity index (χ0v) is 9.95. The van der Waals surface area contributed by atoms with Gasteiger partial charge in [-0.05, 0) is 37.0 Å². The monoisotopic (exact) mass is 222 g/mol. The topological polar surface area (TPSA) is 57.5 Å². The van der Waals surface area contributed by atoms with Crippen molar-refractivity contribution in [2.45, 2.75) is 39.2 Å². The standard InChI is InChI=1S/C13H18O3/c1-4-13(16,8-12(14)15)11-6-5-9(2)10(3)7-11/h5-7,16H,4,8H2,1-3H3,(H,14,15). The number of aliphatic carboxylic acids is 1. The molecule has 3 heteroatoms. The first-order chi connectivity index (χ1) is 7.39. The molecule has 0 amide bonds. The van der Waals surface area contributed by atoms with Crippen molar-refractivity contribution in [2.24, 2.45) is 0 Å². The van der Waals surface area contributed by atoms with E-state index in [1.54, 1.807) is 13.0 Å². The highest BCUT2D eigenvalue weighted by atomic mass is 16.4. The van der Waals surface area contributed by atoms with Crippen LogP contribution in [0.1, 0.15) is 36.5 Å². The Bertz CT molecular complexity index is 398. The number of hydrogen-bond donors (Lipinski definition) is 2. The van der Waals surface area contributed by atoms with E-state index in [1.165, 1.54) is 0 Å². The Labute approximate surface area is 95.7 Å². The lowest BCUT2D eigenvalue weighted by molar-refractivity contribution is -0.143. The molecular formula is C13H18O3. The lowest BCUT2D eigenvalue weighted by Crippen LogP contribution is -2.28. The number of carboxylic acid groups (broad SMARTS) is 1. The minimum atomic E-state index is -1.26. The average molecular weight is 222 g/mol. The molecule has 16 heavy (non-hydrogen) atoms. The SMILES string of the molecule is CCC(O)(CC(=O)O)c1ccc(C)c(C)c1. The van der Waals surface area contributed by atoms with Crippen LogP contribution in [0, 0.1) is 13.8 Å². The first-order valence-corrected chi connectivity index (χ1v) is 5.41. The fourth-order valence-electron chi connectivity index (χ4n) is 1.71. The molecule has 0 heterocycles. The average Bonchev–Trinajstić information content (AvgIpc) is 2.21. The van der Waals surface area contributed by atoms with Crippen molar-refractivity contribution >= 4 is 5.97 Å². The summed E-state index contributed by atoms with van der Waals surface area (Å²) in [6, 6.07) is 5.57. The Balaban J connectivity index is 3.12. The zero-order valence-electron chi connectivity index (χ0n) is 9.95. The summed E-state index contributed by atoms with van der Waals surface area (Å²) in [5, 5.41) is 19.1. The summed E-state index contributed by atoms with van der Waals surface area (Å²) in [7, 11) is 0. The second-order valence-electron chi connectivity index (χ2n) is 4.25. The number of carbonyl (C=O) groups is 1. The van der Waals surface area contributed by atoms with E-state index in [0.29, 0.717) is 12.0 Å². The van der Waals surface area contributed by atoms with Crippen LogP contribution in [-0.2, 0) is 10.4 Å². The van der Waals surface area contributed by atoms with Gasteiger partial charge in [-0.3, -0.25) is 4.79 Å². The fraction of sp³-hybridized carbons (Fsp3) is 0.462. The normalized spacial score (nSPS) is 14.5. The maximum Gasteiger partial charge on any atom is 0.306 e. The van der Waals surface area contributed by atoms with Crippen LogP contribution >= 0.6 is 0 Å². The predicted molar refractivity (Wildman–Crippen MR) is 62.4 cm³/mol. The number of hydrogen-bond acceptors (Lipinski definition) is 2. The van der Waals surface area contributed by atoms with Gasteiger partial charge in [0.1, 0.15) is 0 Å². The van der Waals surface area contributed by atoms with E-state index in [1.807, 2.05) is 26.0 Å². The molecule has 0 aliphatic rings. The lowest BCUT2D eigenvalue weighted by atomic mass is 9.86. The molecule has 0 aliphatic carbocycles. The van der Waals surface area contributed by atoms with Gasteiger partial charge in [-0.1, -0.05) is 25.1 Å². The fourth-order valence-corrected chi connectivity index (χ4v) is 1.71. The third kappa shape index (κ3) is 2.61. The van der Waals surface area contributed by atoms with Gasteiger partial charge in [0.25, 0.3) is 0 Å². The van der Waals surface area contributed by atoms with E-state index in [9.17, 15) is 9.90 Å². The van der Waals surface area contributed by atoms with Gasteiger partial charge in [0.15, 0.2) is 0 Å². The molecule has 1 rings (SSSR count). The summed E-state index contributed by atoms with van der Waals surface area (Å²) >= 11 is 0. The second kappa shape index (κ2) is 4.66. The van der Waals surface area contributed by atoms with Gasteiger partial charge < -0.3 is 10.2 Å². The quantitative estimate of drug-likeness (QED) is 0.822. The molecule has 0 saturated heterocycles. The van der Waals surface area contributed by atoms with Gasteiger partial charge in [0.2, 0.25) is 0 Å². The largest absolute Gasteiger partial charge is 0.481 e. The van der Waals surface area contributed by atoms with Crippen molar-refractivity contribution in [3.8, 4) is 0 Å². The summed E-state index contributed by atoms with van der Waals surface area (Å²) < 4.78 is 0. The number of aryl methyl sites for hydroxylation is 2. The summed E-state index contributed by atoms with van der Waals surface area (Å²) in [5.74, 6) is -0.984. The molecule has 0 aliphatic heterocycles. The Morgan fingerprint density at radius 3 is 2.38 bits per heavy atom. The Morgan fingerprint density at radius 2 is 1.94 bits per heavy atom. The van der Waals surface area contributed by atoms with Crippen molar-refractivity contribution in [1.82, 2.24) is 0 Å². The van der Waals surface area contributed by atoms with Crippen LogP contribution in [0.15, 0.2) is 18.2 Å². The lowest BCUT2D eigenvalue weighted by Gasteiger charge is -2.26. The molecule has 3 nitrogen and oxygen atoms in total. The molecule has 0 fully saturated rings. The van der Waals surface area contributed by atoms with Gasteiger partial charge >= 0.3 is 5.97 Å². The maximum atomic E-state index is 10.7. The van der Waals surface area contributed by atoms with Crippen LogP contribution in [0.25, 0.3) is 0 Å². The molecule has 1 unspecified atom stereocenters. The van der Waals surface area contributed by atoms with Crippen LogP contribution < -0.4 is 0 Å². The van der Waals surface area contributed by atoms with E-state index in [2.05, 4.69) is 0 Å². The van der Waals surface area contributed by atoms with Crippen LogP contribution in [0.4, 0.5) is 0 Å². The van der Waals surface area contributed by atoms with Gasteiger partial charge in [0.05, 0.1) is 12.0 Å². The van der Waals surface area contributed by atoms with Crippen molar-refractivity contribution < 1.29 is 15.0 Å².